The molecule has 1 unspecified atom stereocenters. The van der Waals surface area contributed by atoms with Crippen molar-refractivity contribution in [3.63, 3.8) is 0 Å². The molecule has 1 aromatic heterocycles. The Balaban J connectivity index is 1.61. The summed E-state index contributed by atoms with van der Waals surface area (Å²) in [5.41, 5.74) is 3.20. The Kier molecular flexibility index (Phi) is 5.01. The van der Waals surface area contributed by atoms with Gasteiger partial charge in [0.1, 0.15) is 19.0 Å². The minimum absolute atomic E-state index is 0.218. The van der Waals surface area contributed by atoms with Gasteiger partial charge < -0.3 is 10.1 Å². The Hall–Kier alpha value is -3.67. The van der Waals surface area contributed by atoms with Crippen LogP contribution in [0.25, 0.3) is 6.08 Å². The fourth-order valence-corrected chi connectivity index (χ4v) is 3.14. The van der Waals surface area contributed by atoms with Gasteiger partial charge in [0.25, 0.3) is 0 Å². The van der Waals surface area contributed by atoms with Crippen LogP contribution in [-0.2, 0) is 16.1 Å². The Morgan fingerprint density at radius 1 is 1.14 bits per heavy atom. The van der Waals surface area contributed by atoms with Gasteiger partial charge in [0.05, 0.1) is 5.57 Å². The number of aromatic nitrogens is 3. The van der Waals surface area contributed by atoms with Crippen LogP contribution in [-0.4, -0.2) is 20.7 Å². The number of anilines is 1. The van der Waals surface area contributed by atoms with Crippen molar-refractivity contribution >= 4 is 18.0 Å². The quantitative estimate of drug-likeness (QED) is 0.686. The molecule has 1 aliphatic heterocycles. The molecule has 0 bridgehead atoms. The summed E-state index contributed by atoms with van der Waals surface area (Å²) >= 11 is 0. The first kappa shape index (κ1) is 17.7. The number of allylic oxidation sites excluding steroid dienone is 2. The second kappa shape index (κ2) is 7.92. The number of carbonyl (C=O) groups is 1. The zero-order chi connectivity index (χ0) is 19.3. The smallest absolute Gasteiger partial charge is 0.338 e. The van der Waals surface area contributed by atoms with Gasteiger partial charge in [0.15, 0.2) is 0 Å². The summed E-state index contributed by atoms with van der Waals surface area (Å²) in [6.45, 7) is 2.07. The second-order valence-corrected chi connectivity index (χ2v) is 6.47. The van der Waals surface area contributed by atoms with Gasteiger partial charge in [-0.25, -0.2) is 9.48 Å². The summed E-state index contributed by atoms with van der Waals surface area (Å²) in [7, 11) is 0. The minimum Gasteiger partial charge on any atom is -0.457 e. The monoisotopic (exact) mass is 372 g/mol. The Morgan fingerprint density at radius 3 is 2.61 bits per heavy atom. The van der Waals surface area contributed by atoms with E-state index in [1.165, 1.54) is 6.33 Å². The summed E-state index contributed by atoms with van der Waals surface area (Å²) < 4.78 is 7.27. The first-order valence-electron chi connectivity index (χ1n) is 9.04. The third-order valence-corrected chi connectivity index (χ3v) is 4.54. The fourth-order valence-electron chi connectivity index (χ4n) is 3.14. The first-order chi connectivity index (χ1) is 13.7. The molecule has 1 aliphatic rings. The van der Waals surface area contributed by atoms with Gasteiger partial charge in [-0.3, -0.25) is 0 Å². The van der Waals surface area contributed by atoms with Crippen LogP contribution in [0.15, 0.2) is 84.3 Å². The van der Waals surface area contributed by atoms with E-state index in [0.29, 0.717) is 17.2 Å². The summed E-state index contributed by atoms with van der Waals surface area (Å²) in [5.74, 6) is 0.220. The van der Waals surface area contributed by atoms with E-state index >= 15 is 0 Å². The molecule has 0 saturated carbocycles. The Morgan fingerprint density at radius 2 is 1.86 bits per heavy atom. The highest BCUT2D eigenvalue weighted by Crippen LogP contribution is 2.31. The van der Waals surface area contributed by atoms with Crippen LogP contribution in [0.4, 0.5) is 5.95 Å². The van der Waals surface area contributed by atoms with E-state index in [0.717, 1.165) is 11.1 Å². The van der Waals surface area contributed by atoms with Crippen molar-refractivity contribution in [2.75, 3.05) is 5.32 Å². The molecule has 0 fully saturated rings. The van der Waals surface area contributed by atoms with E-state index in [-0.39, 0.29) is 12.6 Å². The molecule has 28 heavy (non-hydrogen) atoms. The van der Waals surface area contributed by atoms with Gasteiger partial charge >= 0.3 is 5.97 Å². The largest absolute Gasteiger partial charge is 0.457 e. The molecule has 1 atom stereocenters. The van der Waals surface area contributed by atoms with E-state index < -0.39 is 6.04 Å². The molecule has 6 nitrogen and oxygen atoms in total. The predicted molar refractivity (Wildman–Crippen MR) is 107 cm³/mol. The molecule has 6 heteroatoms. The van der Waals surface area contributed by atoms with Gasteiger partial charge in [-0.2, -0.15) is 10.1 Å². The lowest BCUT2D eigenvalue weighted by molar-refractivity contribution is -0.140. The molecule has 4 rings (SSSR count). The second-order valence-electron chi connectivity index (χ2n) is 6.47. The van der Waals surface area contributed by atoms with E-state index in [1.807, 2.05) is 79.7 Å². The molecule has 2 heterocycles. The van der Waals surface area contributed by atoms with Crippen molar-refractivity contribution in [2.24, 2.45) is 0 Å². The average molecular weight is 372 g/mol. The normalized spacial score (nSPS) is 16.0. The molecule has 2 aromatic carbocycles. The number of esters is 1. The van der Waals surface area contributed by atoms with Gasteiger partial charge in [0, 0.05) is 5.70 Å². The summed E-state index contributed by atoms with van der Waals surface area (Å²) in [6, 6.07) is 19.1. The number of benzene rings is 2. The first-order valence-corrected chi connectivity index (χ1v) is 9.04. The number of rotatable bonds is 5. The molecule has 0 spiro atoms. The third-order valence-electron chi connectivity index (χ3n) is 4.54. The fraction of sp³-hybridized carbons (Fsp3) is 0.136. The van der Waals surface area contributed by atoms with Gasteiger partial charge in [0.2, 0.25) is 5.95 Å². The maximum Gasteiger partial charge on any atom is 0.338 e. The number of fused-ring (bicyclic) bond motifs is 1. The van der Waals surface area contributed by atoms with E-state index in [1.54, 1.807) is 4.68 Å². The Bertz CT molecular complexity index is 1020. The summed E-state index contributed by atoms with van der Waals surface area (Å²) in [6.07, 6.45) is 5.38. The van der Waals surface area contributed by atoms with Gasteiger partial charge in [-0.05, 0) is 18.1 Å². The number of ether oxygens (including phenoxy) is 1. The third kappa shape index (κ3) is 3.71. The van der Waals surface area contributed by atoms with Crippen LogP contribution >= 0.6 is 0 Å². The zero-order valence-corrected chi connectivity index (χ0v) is 15.4. The molecular formula is C22H20N4O2. The summed E-state index contributed by atoms with van der Waals surface area (Å²) in [5, 5.41) is 7.42. The number of hydrogen-bond donors (Lipinski definition) is 1. The van der Waals surface area contributed by atoms with Crippen LogP contribution in [0.5, 0.6) is 0 Å². The molecule has 0 saturated heterocycles. The van der Waals surface area contributed by atoms with Crippen molar-refractivity contribution in [2.45, 2.75) is 19.6 Å². The molecular weight excluding hydrogens is 352 g/mol. The topological polar surface area (TPSA) is 69.0 Å². The van der Waals surface area contributed by atoms with E-state index in [4.69, 9.17) is 4.74 Å². The average Bonchev–Trinajstić information content (AvgIpc) is 3.19. The van der Waals surface area contributed by atoms with Gasteiger partial charge in [-0.1, -0.05) is 72.8 Å². The maximum atomic E-state index is 12.9. The summed E-state index contributed by atoms with van der Waals surface area (Å²) in [4.78, 5) is 17.1. The minimum atomic E-state index is -0.401. The zero-order valence-electron chi connectivity index (χ0n) is 15.4. The van der Waals surface area contributed by atoms with Crippen LogP contribution in [0.2, 0.25) is 0 Å². The molecule has 0 radical (unpaired) electrons. The van der Waals surface area contributed by atoms with Crippen molar-refractivity contribution < 1.29 is 9.53 Å². The molecule has 140 valence electrons. The highest BCUT2D eigenvalue weighted by atomic mass is 16.5. The van der Waals surface area contributed by atoms with Crippen molar-refractivity contribution in [1.82, 2.24) is 14.8 Å². The molecule has 0 aliphatic carbocycles. The highest BCUT2D eigenvalue weighted by Gasteiger charge is 2.31. The lowest BCUT2D eigenvalue weighted by atomic mass is 10.0. The van der Waals surface area contributed by atoms with Crippen molar-refractivity contribution in [1.29, 1.82) is 0 Å². The van der Waals surface area contributed by atoms with Crippen LogP contribution in [0, 0.1) is 0 Å². The number of hydrogen-bond acceptors (Lipinski definition) is 5. The van der Waals surface area contributed by atoms with E-state index in [9.17, 15) is 4.79 Å². The lowest BCUT2D eigenvalue weighted by Gasteiger charge is -2.25. The van der Waals surface area contributed by atoms with Gasteiger partial charge in [-0.15, -0.1) is 0 Å². The van der Waals surface area contributed by atoms with Crippen molar-refractivity contribution in [3.8, 4) is 0 Å². The Labute approximate surface area is 163 Å². The maximum absolute atomic E-state index is 12.9. The standard InChI is InChI=1S/C22H20N4O2/c1-16-20(21(27)28-14-18-10-6-3-7-11-18)19(26-22(25-16)23-15-24-26)13-12-17-8-4-2-5-9-17/h2-13,15,19H,14H2,1H3,(H,23,24,25)/b13-12+. The van der Waals surface area contributed by atoms with E-state index in [2.05, 4.69) is 15.4 Å². The van der Waals surface area contributed by atoms with Crippen LogP contribution in [0.3, 0.4) is 0 Å². The highest BCUT2D eigenvalue weighted by molar-refractivity contribution is 5.92. The SMILES string of the molecule is CC1=C(C(=O)OCc2ccccc2)C(/C=C/c2ccccc2)n2ncnc2N1. The molecule has 0 amide bonds. The molecule has 3 aromatic rings. The predicted octanol–water partition coefficient (Wildman–Crippen LogP) is 3.98. The van der Waals surface area contributed by atoms with Crippen LogP contribution < -0.4 is 5.32 Å². The lowest BCUT2D eigenvalue weighted by Crippen LogP contribution is -2.27. The molecule has 1 N–H and O–H groups in total. The number of nitrogens with zero attached hydrogens (tertiary/aromatic N) is 3. The number of nitrogens with one attached hydrogen (secondary N) is 1. The van der Waals surface area contributed by atoms with Crippen molar-refractivity contribution in [3.05, 3.63) is 95.5 Å². The number of carbonyl (C=O) groups excluding carboxylic acids is 1. The van der Waals surface area contributed by atoms with Crippen LogP contribution in [0.1, 0.15) is 24.1 Å².